The Morgan fingerprint density at radius 1 is 1.06 bits per heavy atom. The number of morpholine rings is 1. The highest BCUT2D eigenvalue weighted by atomic mass is 19.1. The molecule has 1 aliphatic heterocycles. The summed E-state index contributed by atoms with van der Waals surface area (Å²) in [5.74, 6) is -1.46. The minimum absolute atomic E-state index is 0.170. The Kier molecular flexibility index (Phi) is 5.76. The second kappa shape index (κ2) is 9.00. The number of benzene rings is 1. The fourth-order valence-corrected chi connectivity index (χ4v) is 3.69. The SMILES string of the molecule is O=C(Nc1cccc(CN2CCOCC2)n1)c1cnc2ccc(-c3cc(F)cc(F)c3)nn12. The van der Waals surface area contributed by atoms with E-state index in [0.29, 0.717) is 36.9 Å². The van der Waals surface area contributed by atoms with Gasteiger partial charge in [0.25, 0.3) is 5.91 Å². The number of aromatic nitrogens is 4. The van der Waals surface area contributed by atoms with Crippen LogP contribution in [-0.2, 0) is 11.3 Å². The van der Waals surface area contributed by atoms with Gasteiger partial charge in [0.05, 0.1) is 30.8 Å². The van der Waals surface area contributed by atoms with Crippen molar-refractivity contribution < 1.29 is 18.3 Å². The van der Waals surface area contributed by atoms with Crippen molar-refractivity contribution in [1.29, 1.82) is 0 Å². The number of hydrogen-bond donors (Lipinski definition) is 1. The molecule has 4 heterocycles. The molecule has 168 valence electrons. The maximum atomic E-state index is 13.6. The van der Waals surface area contributed by atoms with Crippen LogP contribution in [0.3, 0.4) is 0 Å². The molecular formula is C23H20F2N6O2. The van der Waals surface area contributed by atoms with E-state index in [1.54, 1.807) is 18.2 Å². The molecular weight excluding hydrogens is 430 g/mol. The van der Waals surface area contributed by atoms with Crippen molar-refractivity contribution in [1.82, 2.24) is 24.5 Å². The van der Waals surface area contributed by atoms with Crippen LogP contribution in [0.1, 0.15) is 16.2 Å². The maximum absolute atomic E-state index is 13.6. The second-order valence-corrected chi connectivity index (χ2v) is 7.65. The zero-order valence-electron chi connectivity index (χ0n) is 17.5. The number of pyridine rings is 1. The van der Waals surface area contributed by atoms with E-state index in [0.717, 1.165) is 24.8 Å². The normalized spacial score (nSPS) is 14.5. The molecule has 3 aromatic heterocycles. The Hall–Kier alpha value is -3.76. The summed E-state index contributed by atoms with van der Waals surface area (Å²) in [7, 11) is 0. The Morgan fingerprint density at radius 2 is 1.85 bits per heavy atom. The molecule has 8 nitrogen and oxygen atoms in total. The van der Waals surface area contributed by atoms with Gasteiger partial charge < -0.3 is 10.1 Å². The quantitative estimate of drug-likeness (QED) is 0.503. The molecule has 0 bridgehead atoms. The van der Waals surface area contributed by atoms with Crippen molar-refractivity contribution in [3.8, 4) is 11.3 Å². The maximum Gasteiger partial charge on any atom is 0.277 e. The molecule has 0 saturated carbocycles. The monoisotopic (exact) mass is 450 g/mol. The van der Waals surface area contributed by atoms with Gasteiger partial charge in [-0.05, 0) is 36.4 Å². The molecule has 1 aliphatic rings. The van der Waals surface area contributed by atoms with Crippen LogP contribution in [0.2, 0.25) is 0 Å². The van der Waals surface area contributed by atoms with E-state index in [4.69, 9.17) is 4.74 Å². The third kappa shape index (κ3) is 4.71. The first kappa shape index (κ1) is 21.1. The van der Waals surface area contributed by atoms with Crippen LogP contribution in [0.15, 0.2) is 54.7 Å². The van der Waals surface area contributed by atoms with Crippen LogP contribution < -0.4 is 5.32 Å². The van der Waals surface area contributed by atoms with Gasteiger partial charge in [0.15, 0.2) is 11.3 Å². The van der Waals surface area contributed by atoms with Crippen molar-refractivity contribution >= 4 is 17.4 Å². The van der Waals surface area contributed by atoms with Crippen LogP contribution in [0.5, 0.6) is 0 Å². The van der Waals surface area contributed by atoms with Crippen molar-refractivity contribution in [3.05, 3.63) is 77.8 Å². The molecule has 0 spiro atoms. The van der Waals surface area contributed by atoms with Gasteiger partial charge in [-0.25, -0.2) is 23.3 Å². The van der Waals surface area contributed by atoms with Crippen molar-refractivity contribution in [3.63, 3.8) is 0 Å². The highest BCUT2D eigenvalue weighted by molar-refractivity contribution is 6.02. The highest BCUT2D eigenvalue weighted by Crippen LogP contribution is 2.21. The predicted octanol–water partition coefficient (Wildman–Crippen LogP) is 3.15. The lowest BCUT2D eigenvalue weighted by Crippen LogP contribution is -2.35. The summed E-state index contributed by atoms with van der Waals surface area (Å²) in [5, 5.41) is 7.14. The van der Waals surface area contributed by atoms with Crippen molar-refractivity contribution in [2.45, 2.75) is 6.54 Å². The number of hydrogen-bond acceptors (Lipinski definition) is 6. The van der Waals surface area contributed by atoms with E-state index in [2.05, 4.69) is 25.3 Å². The molecule has 5 rings (SSSR count). The standard InChI is InChI=1S/C23H20F2N6O2/c24-16-10-15(11-17(25)12-16)19-4-5-22-26-13-20(31(22)29-19)23(32)28-21-3-1-2-18(27-21)14-30-6-8-33-9-7-30/h1-5,10-13H,6-9,14H2,(H,27,28,32). The van der Waals surface area contributed by atoms with E-state index in [-0.39, 0.29) is 11.3 Å². The number of amides is 1. The predicted molar refractivity (Wildman–Crippen MR) is 117 cm³/mol. The van der Waals surface area contributed by atoms with Gasteiger partial charge in [0.1, 0.15) is 17.5 Å². The number of halogens is 2. The van der Waals surface area contributed by atoms with Crippen LogP contribution in [0.4, 0.5) is 14.6 Å². The number of carbonyl (C=O) groups is 1. The number of rotatable bonds is 5. The molecule has 0 aliphatic carbocycles. The lowest BCUT2D eigenvalue weighted by molar-refractivity contribution is 0.0337. The summed E-state index contributed by atoms with van der Waals surface area (Å²) >= 11 is 0. The highest BCUT2D eigenvalue weighted by Gasteiger charge is 2.16. The van der Waals surface area contributed by atoms with Crippen LogP contribution in [0.25, 0.3) is 16.9 Å². The van der Waals surface area contributed by atoms with Gasteiger partial charge >= 0.3 is 0 Å². The molecule has 1 amide bonds. The number of ether oxygens (including phenoxy) is 1. The zero-order chi connectivity index (χ0) is 22.8. The van der Waals surface area contributed by atoms with Gasteiger partial charge in [-0.1, -0.05) is 6.07 Å². The molecule has 0 atom stereocenters. The Bertz CT molecular complexity index is 1300. The van der Waals surface area contributed by atoms with Crippen LogP contribution >= 0.6 is 0 Å². The molecule has 1 saturated heterocycles. The number of nitrogens with one attached hydrogen (secondary N) is 1. The summed E-state index contributed by atoms with van der Waals surface area (Å²) in [4.78, 5) is 23.9. The topological polar surface area (TPSA) is 84.7 Å². The third-order valence-corrected chi connectivity index (χ3v) is 5.29. The number of imidazole rings is 1. The molecule has 1 fully saturated rings. The lowest BCUT2D eigenvalue weighted by Gasteiger charge is -2.26. The minimum Gasteiger partial charge on any atom is -0.379 e. The molecule has 1 aromatic carbocycles. The van der Waals surface area contributed by atoms with Gasteiger partial charge in [-0.15, -0.1) is 0 Å². The van der Waals surface area contributed by atoms with E-state index in [9.17, 15) is 13.6 Å². The number of anilines is 1. The molecule has 0 unspecified atom stereocenters. The molecule has 0 radical (unpaired) electrons. The van der Waals surface area contributed by atoms with Gasteiger partial charge in [0.2, 0.25) is 0 Å². The fraction of sp³-hybridized carbons (Fsp3) is 0.217. The van der Waals surface area contributed by atoms with Crippen LogP contribution in [0, 0.1) is 11.6 Å². The van der Waals surface area contributed by atoms with Crippen molar-refractivity contribution in [2.24, 2.45) is 0 Å². The first-order valence-corrected chi connectivity index (χ1v) is 10.4. The smallest absolute Gasteiger partial charge is 0.277 e. The Morgan fingerprint density at radius 3 is 2.64 bits per heavy atom. The fourth-order valence-electron chi connectivity index (χ4n) is 3.69. The third-order valence-electron chi connectivity index (χ3n) is 5.29. The summed E-state index contributed by atoms with van der Waals surface area (Å²) in [6.45, 7) is 3.73. The van der Waals surface area contributed by atoms with Gasteiger partial charge in [0, 0.05) is 31.3 Å². The van der Waals surface area contributed by atoms with E-state index >= 15 is 0 Å². The largest absolute Gasteiger partial charge is 0.379 e. The molecule has 10 heteroatoms. The number of nitrogens with zero attached hydrogens (tertiary/aromatic N) is 5. The average molecular weight is 450 g/mol. The number of fused-ring (bicyclic) bond motifs is 1. The van der Waals surface area contributed by atoms with E-state index in [1.807, 2.05) is 12.1 Å². The molecule has 4 aromatic rings. The number of carbonyl (C=O) groups excluding carboxylic acids is 1. The first-order chi connectivity index (χ1) is 16.0. The van der Waals surface area contributed by atoms with E-state index < -0.39 is 17.5 Å². The summed E-state index contributed by atoms with van der Waals surface area (Å²) in [6, 6.07) is 11.8. The first-order valence-electron chi connectivity index (χ1n) is 10.4. The average Bonchev–Trinajstić information content (AvgIpc) is 3.23. The lowest BCUT2D eigenvalue weighted by atomic mass is 10.1. The second-order valence-electron chi connectivity index (χ2n) is 7.65. The van der Waals surface area contributed by atoms with Gasteiger partial charge in [-0.2, -0.15) is 5.10 Å². The summed E-state index contributed by atoms with van der Waals surface area (Å²) < 4.78 is 34.0. The Balaban J connectivity index is 1.38. The van der Waals surface area contributed by atoms with Crippen molar-refractivity contribution in [2.75, 3.05) is 31.6 Å². The molecule has 33 heavy (non-hydrogen) atoms. The van der Waals surface area contributed by atoms with Gasteiger partial charge in [-0.3, -0.25) is 9.69 Å². The summed E-state index contributed by atoms with van der Waals surface area (Å²) in [6.07, 6.45) is 1.39. The van der Waals surface area contributed by atoms with E-state index in [1.165, 1.54) is 22.8 Å². The van der Waals surface area contributed by atoms with Crippen LogP contribution in [-0.4, -0.2) is 56.7 Å². The molecule has 1 N–H and O–H groups in total. The summed E-state index contributed by atoms with van der Waals surface area (Å²) in [5.41, 5.74) is 1.99. The zero-order valence-corrected chi connectivity index (χ0v) is 17.5. The minimum atomic E-state index is -0.710. The Labute approximate surface area is 187 Å².